The number of halogens is 3. The van der Waals surface area contributed by atoms with Crippen molar-refractivity contribution in [1.82, 2.24) is 4.98 Å². The highest BCUT2D eigenvalue weighted by molar-refractivity contribution is 5.93. The number of nitrogens with zero attached hydrogens (tertiary/aromatic N) is 1. The molecule has 0 aliphatic heterocycles. The van der Waals surface area contributed by atoms with Gasteiger partial charge in [0.05, 0.1) is 19.4 Å². The Labute approximate surface area is 112 Å². The fraction of sp³-hybridized carbons (Fsp3) is 0.455. The first-order chi connectivity index (χ1) is 9.32. The lowest BCUT2D eigenvalue weighted by Gasteiger charge is -2.14. The molecule has 0 aliphatic carbocycles. The number of nitrogens with two attached hydrogens (primary N) is 1. The molecule has 0 saturated heterocycles. The third kappa shape index (κ3) is 3.98. The van der Waals surface area contributed by atoms with Crippen molar-refractivity contribution in [3.63, 3.8) is 0 Å². The van der Waals surface area contributed by atoms with Gasteiger partial charge in [-0.3, -0.25) is 0 Å². The normalized spacial score (nSPS) is 11.1. The van der Waals surface area contributed by atoms with Gasteiger partial charge in [0.25, 0.3) is 0 Å². The number of alkyl halides is 3. The zero-order valence-corrected chi connectivity index (χ0v) is 10.8. The van der Waals surface area contributed by atoms with E-state index in [1.807, 2.05) is 0 Å². The van der Waals surface area contributed by atoms with E-state index < -0.39 is 18.2 Å². The van der Waals surface area contributed by atoms with Crippen molar-refractivity contribution in [2.75, 3.05) is 13.7 Å². The van der Waals surface area contributed by atoms with E-state index in [1.54, 1.807) is 6.92 Å². The van der Waals surface area contributed by atoms with Crippen LogP contribution >= 0.6 is 0 Å². The van der Waals surface area contributed by atoms with Gasteiger partial charge in [-0.1, -0.05) is 0 Å². The average molecular weight is 294 g/mol. The van der Waals surface area contributed by atoms with Gasteiger partial charge in [-0.25, -0.2) is 9.78 Å². The molecule has 0 spiro atoms. The molecule has 0 fully saturated rings. The predicted octanol–water partition coefficient (Wildman–Crippen LogP) is 1.62. The summed E-state index contributed by atoms with van der Waals surface area (Å²) < 4.78 is 49.8. The molecule has 1 aromatic heterocycles. The Bertz CT molecular complexity index is 466. The molecule has 0 bridgehead atoms. The predicted molar refractivity (Wildman–Crippen MR) is 61.3 cm³/mol. The van der Waals surface area contributed by atoms with Crippen LogP contribution in [0.3, 0.4) is 0 Å². The van der Waals surface area contributed by atoms with E-state index in [-0.39, 0.29) is 30.2 Å². The van der Waals surface area contributed by atoms with Crippen LogP contribution in [-0.4, -0.2) is 31.0 Å². The number of methoxy groups -OCH3 is 1. The zero-order valence-electron chi connectivity index (χ0n) is 10.8. The Balaban J connectivity index is 3.28. The highest BCUT2D eigenvalue weighted by atomic mass is 19.4. The van der Waals surface area contributed by atoms with Gasteiger partial charge in [0.2, 0.25) is 5.88 Å². The van der Waals surface area contributed by atoms with E-state index in [2.05, 4.69) is 9.72 Å². The standard InChI is InChI=1S/C11H13F3N2O4/c1-3-19-10(17)9-6(5-15)16-8(4-7(9)18-2)20-11(12,13)14/h4H,3,5,15H2,1-2H3. The number of ether oxygens (including phenoxy) is 3. The molecule has 0 unspecified atom stereocenters. The van der Waals surface area contributed by atoms with Crippen LogP contribution in [0.2, 0.25) is 0 Å². The summed E-state index contributed by atoms with van der Waals surface area (Å²) in [5, 5.41) is 0. The van der Waals surface area contributed by atoms with Crippen LogP contribution in [0.4, 0.5) is 13.2 Å². The Morgan fingerprint density at radius 2 is 2.10 bits per heavy atom. The first kappa shape index (κ1) is 16.0. The summed E-state index contributed by atoms with van der Waals surface area (Å²) in [5.74, 6) is -1.70. The number of hydrogen-bond donors (Lipinski definition) is 1. The van der Waals surface area contributed by atoms with Gasteiger partial charge in [-0.2, -0.15) is 0 Å². The monoisotopic (exact) mass is 294 g/mol. The minimum Gasteiger partial charge on any atom is -0.496 e. The van der Waals surface area contributed by atoms with Gasteiger partial charge in [-0.15, -0.1) is 13.2 Å². The molecule has 0 amide bonds. The summed E-state index contributed by atoms with van der Waals surface area (Å²) >= 11 is 0. The summed E-state index contributed by atoms with van der Waals surface area (Å²) in [6.45, 7) is 1.40. The van der Waals surface area contributed by atoms with Gasteiger partial charge in [0, 0.05) is 12.6 Å². The molecular weight excluding hydrogens is 281 g/mol. The Kier molecular flexibility index (Phi) is 5.14. The van der Waals surface area contributed by atoms with Crippen molar-refractivity contribution < 1.29 is 32.2 Å². The molecule has 1 aromatic rings. The molecule has 6 nitrogen and oxygen atoms in total. The molecule has 9 heteroatoms. The van der Waals surface area contributed by atoms with E-state index in [0.717, 1.165) is 6.07 Å². The van der Waals surface area contributed by atoms with Gasteiger partial charge >= 0.3 is 12.3 Å². The SMILES string of the molecule is CCOC(=O)c1c(OC)cc(OC(F)(F)F)nc1CN. The minimum absolute atomic E-state index is 0.0901. The minimum atomic E-state index is -4.91. The van der Waals surface area contributed by atoms with Crippen LogP contribution in [0.15, 0.2) is 6.07 Å². The Hall–Kier alpha value is -2.03. The smallest absolute Gasteiger partial charge is 0.496 e. The maximum absolute atomic E-state index is 12.2. The lowest BCUT2D eigenvalue weighted by atomic mass is 10.1. The molecular formula is C11H13F3N2O4. The van der Waals surface area contributed by atoms with Crippen molar-refractivity contribution >= 4 is 5.97 Å². The highest BCUT2D eigenvalue weighted by Crippen LogP contribution is 2.29. The molecule has 0 saturated carbocycles. The molecule has 0 aliphatic rings. The van der Waals surface area contributed by atoms with Gasteiger partial charge in [-0.05, 0) is 6.92 Å². The second-order valence-corrected chi connectivity index (χ2v) is 3.46. The summed E-state index contributed by atoms with van der Waals surface area (Å²) in [6.07, 6.45) is -4.91. The van der Waals surface area contributed by atoms with Crippen molar-refractivity contribution in [3.8, 4) is 11.6 Å². The second-order valence-electron chi connectivity index (χ2n) is 3.46. The molecule has 0 atom stereocenters. The topological polar surface area (TPSA) is 83.7 Å². The number of aromatic nitrogens is 1. The first-order valence-electron chi connectivity index (χ1n) is 5.53. The third-order valence-corrected chi connectivity index (χ3v) is 2.15. The number of pyridine rings is 1. The summed E-state index contributed by atoms with van der Waals surface area (Å²) in [4.78, 5) is 15.3. The lowest BCUT2D eigenvalue weighted by molar-refractivity contribution is -0.276. The zero-order chi connectivity index (χ0) is 15.3. The van der Waals surface area contributed by atoms with Crippen molar-refractivity contribution in [2.24, 2.45) is 5.73 Å². The number of rotatable bonds is 5. The maximum Gasteiger partial charge on any atom is 0.574 e. The van der Waals surface area contributed by atoms with Crippen LogP contribution in [0.1, 0.15) is 23.0 Å². The Morgan fingerprint density at radius 3 is 2.55 bits per heavy atom. The number of hydrogen-bond acceptors (Lipinski definition) is 6. The average Bonchev–Trinajstić information content (AvgIpc) is 2.35. The third-order valence-electron chi connectivity index (χ3n) is 2.15. The Morgan fingerprint density at radius 1 is 1.45 bits per heavy atom. The molecule has 1 heterocycles. The number of esters is 1. The van der Waals surface area contributed by atoms with Gasteiger partial charge < -0.3 is 19.9 Å². The molecule has 1 rings (SSSR count). The van der Waals surface area contributed by atoms with Crippen LogP contribution in [0.25, 0.3) is 0 Å². The van der Waals surface area contributed by atoms with E-state index in [1.165, 1.54) is 7.11 Å². The summed E-state index contributed by atoms with van der Waals surface area (Å²) in [5.41, 5.74) is 5.15. The molecule has 0 aromatic carbocycles. The summed E-state index contributed by atoms with van der Waals surface area (Å²) in [6, 6.07) is 0.846. The van der Waals surface area contributed by atoms with Crippen molar-refractivity contribution in [1.29, 1.82) is 0 Å². The summed E-state index contributed by atoms with van der Waals surface area (Å²) in [7, 11) is 1.19. The van der Waals surface area contributed by atoms with Crippen LogP contribution in [0, 0.1) is 0 Å². The lowest BCUT2D eigenvalue weighted by Crippen LogP contribution is -2.20. The van der Waals surface area contributed by atoms with Crippen LogP contribution in [0.5, 0.6) is 11.6 Å². The quantitative estimate of drug-likeness (QED) is 0.831. The fourth-order valence-corrected chi connectivity index (χ4v) is 1.45. The molecule has 112 valence electrons. The van der Waals surface area contributed by atoms with Crippen LogP contribution in [-0.2, 0) is 11.3 Å². The van der Waals surface area contributed by atoms with E-state index >= 15 is 0 Å². The molecule has 20 heavy (non-hydrogen) atoms. The second kappa shape index (κ2) is 6.42. The maximum atomic E-state index is 12.2. The van der Waals surface area contributed by atoms with Gasteiger partial charge in [0.15, 0.2) is 0 Å². The fourth-order valence-electron chi connectivity index (χ4n) is 1.45. The van der Waals surface area contributed by atoms with Gasteiger partial charge in [0.1, 0.15) is 11.3 Å². The van der Waals surface area contributed by atoms with Crippen LogP contribution < -0.4 is 15.2 Å². The molecule has 2 N–H and O–H groups in total. The highest BCUT2D eigenvalue weighted by Gasteiger charge is 2.33. The van der Waals surface area contributed by atoms with Crippen molar-refractivity contribution in [3.05, 3.63) is 17.3 Å². The van der Waals surface area contributed by atoms with E-state index in [0.29, 0.717) is 0 Å². The largest absolute Gasteiger partial charge is 0.574 e. The first-order valence-corrected chi connectivity index (χ1v) is 5.53. The number of carbonyl (C=O) groups excluding carboxylic acids is 1. The van der Waals surface area contributed by atoms with E-state index in [9.17, 15) is 18.0 Å². The van der Waals surface area contributed by atoms with E-state index in [4.69, 9.17) is 15.2 Å². The molecule has 0 radical (unpaired) electrons. The van der Waals surface area contributed by atoms with Crippen molar-refractivity contribution in [2.45, 2.75) is 19.8 Å². The number of carbonyl (C=O) groups is 1.